The number of aromatic carboxylic acids is 1. The molecule has 0 saturated heterocycles. The molecular weight excluding hydrogens is 225 g/mol. The molecule has 0 bridgehead atoms. The Bertz CT molecular complexity index is 587. The van der Waals surface area contributed by atoms with Gasteiger partial charge in [-0.05, 0) is 12.1 Å². The Balaban J connectivity index is 2.58. The predicted octanol–water partition coefficient (Wildman–Crippen LogP) is 1.56. The minimum absolute atomic E-state index is 0.134. The van der Waals surface area contributed by atoms with Gasteiger partial charge in [-0.1, -0.05) is 12.1 Å². The van der Waals surface area contributed by atoms with Crippen LogP contribution in [0.15, 0.2) is 30.5 Å². The van der Waals surface area contributed by atoms with Crippen LogP contribution in [0.4, 0.5) is 10.2 Å². The van der Waals surface area contributed by atoms with Crippen molar-refractivity contribution in [1.82, 2.24) is 9.97 Å². The molecular formula is C11H8FN3O2. The standard InChI is InChI=1S/C11H8FN3O2/c12-7-4-2-1-3-6(7)8-5-14-10(13)9(15-8)11(16)17/h1-5H,(H2,13,14)(H,16,17). The zero-order valence-electron chi connectivity index (χ0n) is 8.59. The number of halogens is 1. The molecule has 17 heavy (non-hydrogen) atoms. The largest absolute Gasteiger partial charge is 0.476 e. The first kappa shape index (κ1) is 11.0. The van der Waals surface area contributed by atoms with Crippen molar-refractivity contribution in [3.8, 4) is 11.3 Å². The highest BCUT2D eigenvalue weighted by molar-refractivity contribution is 5.90. The average Bonchev–Trinajstić information content (AvgIpc) is 2.30. The average molecular weight is 233 g/mol. The number of nitrogens with zero attached hydrogens (tertiary/aromatic N) is 2. The van der Waals surface area contributed by atoms with Gasteiger partial charge in [0.05, 0.1) is 11.9 Å². The highest BCUT2D eigenvalue weighted by Gasteiger charge is 2.14. The second kappa shape index (κ2) is 4.17. The molecule has 2 rings (SSSR count). The first-order valence-electron chi connectivity index (χ1n) is 4.70. The molecule has 0 saturated carbocycles. The van der Waals surface area contributed by atoms with Crippen LogP contribution < -0.4 is 5.73 Å². The third-order valence-electron chi connectivity index (χ3n) is 2.15. The second-order valence-electron chi connectivity index (χ2n) is 3.27. The maximum absolute atomic E-state index is 13.5. The minimum atomic E-state index is -1.30. The molecule has 86 valence electrons. The minimum Gasteiger partial charge on any atom is -0.476 e. The molecule has 0 spiro atoms. The SMILES string of the molecule is Nc1ncc(-c2ccccc2F)nc1C(=O)O. The zero-order chi connectivity index (χ0) is 12.4. The summed E-state index contributed by atoms with van der Waals surface area (Å²) in [5.74, 6) is -1.99. The first-order chi connectivity index (χ1) is 8.09. The monoisotopic (exact) mass is 233 g/mol. The molecule has 0 amide bonds. The molecule has 5 nitrogen and oxygen atoms in total. The summed E-state index contributed by atoms with van der Waals surface area (Å²) in [6, 6.07) is 5.90. The number of carbonyl (C=O) groups is 1. The van der Waals surface area contributed by atoms with E-state index in [4.69, 9.17) is 10.8 Å². The van der Waals surface area contributed by atoms with E-state index in [0.29, 0.717) is 0 Å². The van der Waals surface area contributed by atoms with Gasteiger partial charge in [-0.2, -0.15) is 0 Å². The molecule has 1 aromatic heterocycles. The molecule has 0 aliphatic heterocycles. The van der Waals surface area contributed by atoms with Crippen molar-refractivity contribution in [2.45, 2.75) is 0 Å². The van der Waals surface area contributed by atoms with Crippen molar-refractivity contribution in [3.63, 3.8) is 0 Å². The molecule has 6 heteroatoms. The molecule has 1 heterocycles. The Hall–Kier alpha value is -2.50. The summed E-state index contributed by atoms with van der Waals surface area (Å²) < 4.78 is 13.5. The van der Waals surface area contributed by atoms with Crippen molar-refractivity contribution in [1.29, 1.82) is 0 Å². The number of aromatic nitrogens is 2. The Morgan fingerprint density at radius 3 is 2.71 bits per heavy atom. The summed E-state index contributed by atoms with van der Waals surface area (Å²) in [4.78, 5) is 18.3. The van der Waals surface area contributed by atoms with E-state index in [0.717, 1.165) is 0 Å². The molecule has 1 aromatic carbocycles. The number of carboxylic acids is 1. The number of hydrogen-bond donors (Lipinski definition) is 2. The summed E-state index contributed by atoms with van der Waals surface area (Å²) in [5, 5.41) is 8.83. The number of rotatable bonds is 2. The Labute approximate surface area is 95.8 Å². The summed E-state index contributed by atoms with van der Waals surface area (Å²) >= 11 is 0. The number of anilines is 1. The van der Waals surface area contributed by atoms with Crippen molar-refractivity contribution >= 4 is 11.8 Å². The Morgan fingerprint density at radius 1 is 1.35 bits per heavy atom. The van der Waals surface area contributed by atoms with Gasteiger partial charge in [0.15, 0.2) is 11.5 Å². The van der Waals surface area contributed by atoms with E-state index >= 15 is 0 Å². The number of carboxylic acid groups (broad SMARTS) is 1. The van der Waals surface area contributed by atoms with Gasteiger partial charge in [-0.25, -0.2) is 19.2 Å². The van der Waals surface area contributed by atoms with Crippen LogP contribution in [0.25, 0.3) is 11.3 Å². The van der Waals surface area contributed by atoms with Crippen molar-refractivity contribution in [3.05, 3.63) is 42.0 Å². The summed E-state index contributed by atoms with van der Waals surface area (Å²) in [6.45, 7) is 0. The molecule has 0 unspecified atom stereocenters. The summed E-state index contributed by atoms with van der Waals surface area (Å²) in [5.41, 5.74) is 5.29. The van der Waals surface area contributed by atoms with Gasteiger partial charge in [-0.15, -0.1) is 0 Å². The van der Waals surface area contributed by atoms with E-state index in [1.165, 1.54) is 24.4 Å². The van der Waals surface area contributed by atoms with E-state index in [1.54, 1.807) is 6.07 Å². The van der Waals surface area contributed by atoms with Crippen LogP contribution in [-0.2, 0) is 0 Å². The van der Waals surface area contributed by atoms with E-state index in [-0.39, 0.29) is 22.8 Å². The lowest BCUT2D eigenvalue weighted by Gasteiger charge is -2.04. The smallest absolute Gasteiger partial charge is 0.358 e. The molecule has 2 aromatic rings. The van der Waals surface area contributed by atoms with Gasteiger partial charge in [-0.3, -0.25) is 0 Å². The highest BCUT2D eigenvalue weighted by Crippen LogP contribution is 2.21. The topological polar surface area (TPSA) is 89.1 Å². The van der Waals surface area contributed by atoms with Crippen LogP contribution in [-0.4, -0.2) is 21.0 Å². The fourth-order valence-corrected chi connectivity index (χ4v) is 1.35. The van der Waals surface area contributed by atoms with Crippen molar-refractivity contribution < 1.29 is 14.3 Å². The molecule has 0 aliphatic rings. The van der Waals surface area contributed by atoms with Crippen molar-refractivity contribution in [2.75, 3.05) is 5.73 Å². The molecule has 3 N–H and O–H groups in total. The van der Waals surface area contributed by atoms with E-state index in [2.05, 4.69) is 9.97 Å². The molecule has 0 fully saturated rings. The van der Waals surface area contributed by atoms with Crippen LogP contribution in [0.2, 0.25) is 0 Å². The maximum Gasteiger partial charge on any atom is 0.358 e. The molecule has 0 radical (unpaired) electrons. The molecule has 0 atom stereocenters. The molecule has 0 aliphatic carbocycles. The fourth-order valence-electron chi connectivity index (χ4n) is 1.35. The van der Waals surface area contributed by atoms with Crippen LogP contribution in [0.1, 0.15) is 10.5 Å². The van der Waals surface area contributed by atoms with Crippen LogP contribution in [0.5, 0.6) is 0 Å². The lowest BCUT2D eigenvalue weighted by molar-refractivity contribution is 0.0691. The third kappa shape index (κ3) is 2.05. The summed E-state index contributed by atoms with van der Waals surface area (Å²) in [6.07, 6.45) is 1.24. The third-order valence-corrected chi connectivity index (χ3v) is 2.15. The fraction of sp³-hybridized carbons (Fsp3) is 0. The van der Waals surface area contributed by atoms with Gasteiger partial charge in [0.1, 0.15) is 5.82 Å². The Morgan fingerprint density at radius 2 is 2.06 bits per heavy atom. The van der Waals surface area contributed by atoms with Crippen LogP contribution in [0, 0.1) is 5.82 Å². The van der Waals surface area contributed by atoms with Gasteiger partial charge in [0, 0.05) is 5.56 Å². The maximum atomic E-state index is 13.5. The van der Waals surface area contributed by atoms with Gasteiger partial charge >= 0.3 is 5.97 Å². The lowest BCUT2D eigenvalue weighted by Crippen LogP contribution is -2.08. The Kier molecular flexibility index (Phi) is 2.70. The number of benzene rings is 1. The second-order valence-corrected chi connectivity index (χ2v) is 3.27. The van der Waals surface area contributed by atoms with Crippen molar-refractivity contribution in [2.24, 2.45) is 0 Å². The normalized spacial score (nSPS) is 10.2. The van der Waals surface area contributed by atoms with E-state index < -0.39 is 11.8 Å². The summed E-state index contributed by atoms with van der Waals surface area (Å²) in [7, 11) is 0. The van der Waals surface area contributed by atoms with E-state index in [1.807, 2.05) is 0 Å². The number of nitrogens with two attached hydrogens (primary N) is 1. The van der Waals surface area contributed by atoms with E-state index in [9.17, 15) is 9.18 Å². The lowest BCUT2D eigenvalue weighted by atomic mass is 10.1. The predicted molar refractivity (Wildman–Crippen MR) is 58.8 cm³/mol. The van der Waals surface area contributed by atoms with Gasteiger partial charge in [0.2, 0.25) is 0 Å². The number of nitrogen functional groups attached to an aromatic ring is 1. The highest BCUT2D eigenvalue weighted by atomic mass is 19.1. The number of hydrogen-bond acceptors (Lipinski definition) is 4. The zero-order valence-corrected chi connectivity index (χ0v) is 8.59. The van der Waals surface area contributed by atoms with Crippen LogP contribution >= 0.6 is 0 Å². The van der Waals surface area contributed by atoms with Crippen LogP contribution in [0.3, 0.4) is 0 Å². The quantitative estimate of drug-likeness (QED) is 0.821. The van der Waals surface area contributed by atoms with Gasteiger partial charge < -0.3 is 10.8 Å². The van der Waals surface area contributed by atoms with Gasteiger partial charge in [0.25, 0.3) is 0 Å². The first-order valence-corrected chi connectivity index (χ1v) is 4.70.